The molecular formula is C17H12N2O6. The van der Waals surface area contributed by atoms with Gasteiger partial charge in [-0.15, -0.1) is 0 Å². The van der Waals surface area contributed by atoms with E-state index in [9.17, 15) is 24.3 Å². The normalized spacial score (nSPS) is 12.9. The molecule has 2 aromatic rings. The molecule has 3 rings (SSSR count). The predicted octanol–water partition coefficient (Wildman–Crippen LogP) is 1.33. The molecule has 0 saturated heterocycles. The van der Waals surface area contributed by atoms with Crippen LogP contribution in [0.2, 0.25) is 0 Å². The first-order chi connectivity index (χ1) is 11.9. The van der Waals surface area contributed by atoms with Gasteiger partial charge in [-0.2, -0.15) is 0 Å². The summed E-state index contributed by atoms with van der Waals surface area (Å²) in [5.41, 5.74) is 0.214. The van der Waals surface area contributed by atoms with Gasteiger partial charge in [-0.25, -0.2) is 4.79 Å². The van der Waals surface area contributed by atoms with Crippen LogP contribution in [0.25, 0.3) is 0 Å². The van der Waals surface area contributed by atoms with Gasteiger partial charge in [0.1, 0.15) is 17.9 Å². The van der Waals surface area contributed by atoms with Gasteiger partial charge in [0.15, 0.2) is 0 Å². The summed E-state index contributed by atoms with van der Waals surface area (Å²) in [4.78, 5) is 48.3. The predicted molar refractivity (Wildman–Crippen MR) is 85.5 cm³/mol. The number of carboxylic acid groups (broad SMARTS) is 1. The smallest absolute Gasteiger partial charge is 0.339 e. The lowest BCUT2D eigenvalue weighted by Crippen LogP contribution is -2.37. The third-order valence-electron chi connectivity index (χ3n) is 3.69. The lowest BCUT2D eigenvalue weighted by molar-refractivity contribution is -0.116. The first-order valence-corrected chi connectivity index (χ1v) is 7.20. The Labute approximate surface area is 141 Å². The van der Waals surface area contributed by atoms with Gasteiger partial charge in [0.2, 0.25) is 5.91 Å². The Kier molecular flexibility index (Phi) is 3.94. The average Bonchev–Trinajstić information content (AvgIpc) is 2.82. The minimum atomic E-state index is -1.35. The Balaban J connectivity index is 1.74. The number of phenols is 1. The van der Waals surface area contributed by atoms with Crippen LogP contribution in [-0.2, 0) is 4.79 Å². The monoisotopic (exact) mass is 340 g/mol. The van der Waals surface area contributed by atoms with Gasteiger partial charge in [-0.1, -0.05) is 12.1 Å². The zero-order valence-electron chi connectivity index (χ0n) is 12.7. The zero-order valence-corrected chi connectivity index (χ0v) is 12.7. The minimum Gasteiger partial charge on any atom is -0.507 e. The van der Waals surface area contributed by atoms with Gasteiger partial charge in [-0.05, 0) is 30.3 Å². The number of aromatic carboxylic acids is 1. The molecule has 0 radical (unpaired) electrons. The second-order valence-electron chi connectivity index (χ2n) is 5.33. The fourth-order valence-electron chi connectivity index (χ4n) is 2.51. The Morgan fingerprint density at radius 2 is 1.60 bits per heavy atom. The summed E-state index contributed by atoms with van der Waals surface area (Å²) in [6.07, 6.45) is 0. The van der Waals surface area contributed by atoms with Crippen molar-refractivity contribution < 1.29 is 29.4 Å². The molecule has 8 heteroatoms. The minimum absolute atomic E-state index is 0.122. The van der Waals surface area contributed by atoms with Gasteiger partial charge >= 0.3 is 5.97 Å². The first-order valence-electron chi connectivity index (χ1n) is 7.20. The lowest BCUT2D eigenvalue weighted by Gasteiger charge is -2.14. The molecule has 1 heterocycles. The highest BCUT2D eigenvalue weighted by Gasteiger charge is 2.36. The molecule has 0 atom stereocenters. The van der Waals surface area contributed by atoms with Crippen molar-refractivity contribution in [2.45, 2.75) is 0 Å². The number of hydrogen-bond donors (Lipinski definition) is 3. The largest absolute Gasteiger partial charge is 0.507 e. The fraction of sp³-hybridized carbons (Fsp3) is 0.0588. The van der Waals surface area contributed by atoms with Crippen molar-refractivity contribution in [2.75, 3.05) is 11.9 Å². The second kappa shape index (κ2) is 6.08. The van der Waals surface area contributed by atoms with E-state index in [1.165, 1.54) is 18.2 Å². The average molecular weight is 340 g/mol. The fourth-order valence-corrected chi connectivity index (χ4v) is 2.51. The molecule has 0 saturated carbocycles. The van der Waals surface area contributed by atoms with Gasteiger partial charge < -0.3 is 15.5 Å². The van der Waals surface area contributed by atoms with Crippen LogP contribution in [0.3, 0.4) is 0 Å². The topological polar surface area (TPSA) is 124 Å². The molecule has 126 valence electrons. The van der Waals surface area contributed by atoms with Crippen molar-refractivity contribution in [1.82, 2.24) is 4.90 Å². The van der Waals surface area contributed by atoms with E-state index < -0.39 is 36.0 Å². The number of carbonyl (C=O) groups excluding carboxylic acids is 3. The van der Waals surface area contributed by atoms with Crippen molar-refractivity contribution in [3.05, 3.63) is 59.2 Å². The summed E-state index contributed by atoms with van der Waals surface area (Å²) in [5, 5.41) is 20.8. The maximum Gasteiger partial charge on any atom is 0.339 e. The number of imide groups is 1. The van der Waals surface area contributed by atoms with Crippen LogP contribution in [0.4, 0.5) is 5.69 Å². The van der Waals surface area contributed by atoms with E-state index in [4.69, 9.17) is 5.11 Å². The maximum absolute atomic E-state index is 12.2. The molecule has 3 amide bonds. The summed E-state index contributed by atoms with van der Waals surface area (Å²) in [7, 11) is 0. The maximum atomic E-state index is 12.2. The number of nitrogens with zero attached hydrogens (tertiary/aromatic N) is 1. The lowest BCUT2D eigenvalue weighted by atomic mass is 10.1. The molecule has 0 aromatic heterocycles. The SMILES string of the molecule is O=C(CN1C(=O)c2ccccc2C1=O)Nc1ccc(O)c(C(=O)O)c1. The van der Waals surface area contributed by atoms with Crippen LogP contribution in [0.15, 0.2) is 42.5 Å². The number of benzene rings is 2. The van der Waals surface area contributed by atoms with E-state index in [-0.39, 0.29) is 22.4 Å². The standard InChI is InChI=1S/C17H12N2O6/c20-13-6-5-9(7-12(13)17(24)25)18-14(21)8-19-15(22)10-3-1-2-4-11(10)16(19)23/h1-7,20H,8H2,(H,18,21)(H,24,25). The molecule has 0 unspecified atom stereocenters. The van der Waals surface area contributed by atoms with E-state index in [0.29, 0.717) is 0 Å². The molecule has 8 nitrogen and oxygen atoms in total. The third kappa shape index (κ3) is 2.92. The number of hydrogen-bond acceptors (Lipinski definition) is 5. The van der Waals surface area contributed by atoms with Crippen molar-refractivity contribution in [2.24, 2.45) is 0 Å². The van der Waals surface area contributed by atoms with Crippen LogP contribution in [-0.4, -0.2) is 45.3 Å². The summed E-state index contributed by atoms with van der Waals surface area (Å²) >= 11 is 0. The van der Waals surface area contributed by atoms with Crippen LogP contribution in [0, 0.1) is 0 Å². The quantitative estimate of drug-likeness (QED) is 0.570. The van der Waals surface area contributed by atoms with E-state index >= 15 is 0 Å². The molecule has 2 aromatic carbocycles. The molecular weight excluding hydrogens is 328 g/mol. The first kappa shape index (κ1) is 16.2. The Hall–Kier alpha value is -3.68. The van der Waals surface area contributed by atoms with Crippen molar-refractivity contribution in [1.29, 1.82) is 0 Å². The Morgan fingerprint density at radius 1 is 1.00 bits per heavy atom. The Bertz CT molecular complexity index is 886. The number of carboxylic acids is 1. The molecule has 3 N–H and O–H groups in total. The van der Waals surface area contributed by atoms with E-state index in [0.717, 1.165) is 17.0 Å². The second-order valence-corrected chi connectivity index (χ2v) is 5.33. The van der Waals surface area contributed by atoms with Crippen molar-refractivity contribution in [3.8, 4) is 5.75 Å². The van der Waals surface area contributed by atoms with Crippen molar-refractivity contribution in [3.63, 3.8) is 0 Å². The number of anilines is 1. The summed E-state index contributed by atoms with van der Waals surface area (Å²) < 4.78 is 0. The molecule has 0 bridgehead atoms. The van der Waals surface area contributed by atoms with Crippen LogP contribution < -0.4 is 5.32 Å². The summed E-state index contributed by atoms with van der Waals surface area (Å²) in [6, 6.07) is 9.77. The number of rotatable bonds is 4. The van der Waals surface area contributed by atoms with Gasteiger partial charge in [0.25, 0.3) is 11.8 Å². The van der Waals surface area contributed by atoms with E-state index in [1.807, 2.05) is 0 Å². The highest BCUT2D eigenvalue weighted by molar-refractivity contribution is 6.22. The van der Waals surface area contributed by atoms with Gasteiger partial charge in [0.05, 0.1) is 11.1 Å². The number of carbonyl (C=O) groups is 4. The van der Waals surface area contributed by atoms with Crippen LogP contribution in [0.1, 0.15) is 31.1 Å². The zero-order chi connectivity index (χ0) is 18.1. The molecule has 0 spiro atoms. The number of nitrogens with one attached hydrogen (secondary N) is 1. The van der Waals surface area contributed by atoms with Gasteiger partial charge in [-0.3, -0.25) is 19.3 Å². The number of fused-ring (bicyclic) bond motifs is 1. The Morgan fingerprint density at radius 3 is 2.16 bits per heavy atom. The molecule has 0 aliphatic carbocycles. The highest BCUT2D eigenvalue weighted by Crippen LogP contribution is 2.23. The number of aromatic hydroxyl groups is 1. The van der Waals surface area contributed by atoms with E-state index in [1.54, 1.807) is 12.1 Å². The van der Waals surface area contributed by atoms with E-state index in [2.05, 4.69) is 5.32 Å². The van der Waals surface area contributed by atoms with Crippen LogP contribution >= 0.6 is 0 Å². The summed E-state index contributed by atoms with van der Waals surface area (Å²) in [5.74, 6) is -3.59. The molecule has 25 heavy (non-hydrogen) atoms. The molecule has 1 aliphatic rings. The molecule has 1 aliphatic heterocycles. The van der Waals surface area contributed by atoms with Gasteiger partial charge in [0, 0.05) is 5.69 Å². The van der Waals surface area contributed by atoms with Crippen LogP contribution in [0.5, 0.6) is 5.75 Å². The molecule has 0 fully saturated rings. The highest BCUT2D eigenvalue weighted by atomic mass is 16.4. The summed E-state index contributed by atoms with van der Waals surface area (Å²) in [6.45, 7) is -0.504. The van der Waals surface area contributed by atoms with Crippen molar-refractivity contribution >= 4 is 29.4 Å². The number of amides is 3. The third-order valence-corrected chi connectivity index (χ3v) is 3.69.